The fourth-order valence-corrected chi connectivity index (χ4v) is 2.57. The first-order valence-electron chi connectivity index (χ1n) is 4.86. The van der Waals surface area contributed by atoms with E-state index in [1.165, 1.54) is 16.7 Å². The van der Waals surface area contributed by atoms with E-state index in [1.54, 1.807) is 6.07 Å². The van der Waals surface area contributed by atoms with Gasteiger partial charge in [0.25, 0.3) is 0 Å². The summed E-state index contributed by atoms with van der Waals surface area (Å²) in [6.07, 6.45) is 2.58. The number of fused-ring (bicyclic) bond motifs is 1. The van der Waals surface area contributed by atoms with E-state index in [0.29, 0.717) is 0 Å². The van der Waals surface area contributed by atoms with Crippen LogP contribution in [-0.4, -0.2) is 35.1 Å². The molecule has 0 aliphatic carbocycles. The third-order valence-corrected chi connectivity index (χ3v) is 3.37. The number of hydrogen-bond acceptors (Lipinski definition) is 4. The van der Waals surface area contributed by atoms with Gasteiger partial charge in [-0.1, -0.05) is 11.6 Å². The molecule has 96 valence electrons. The first-order valence-corrected chi connectivity index (χ1v) is 7.30. The van der Waals surface area contributed by atoms with Crippen molar-refractivity contribution in [3.8, 4) is 0 Å². The van der Waals surface area contributed by atoms with Crippen molar-refractivity contribution in [2.24, 2.45) is 0 Å². The van der Waals surface area contributed by atoms with Crippen molar-refractivity contribution in [2.45, 2.75) is 5.75 Å². The molecule has 0 bridgehead atoms. The molecule has 0 unspecified atom stereocenters. The van der Waals surface area contributed by atoms with Crippen LogP contribution in [0.25, 0.3) is 5.52 Å². The van der Waals surface area contributed by atoms with Crippen LogP contribution in [-0.2, 0) is 15.6 Å². The van der Waals surface area contributed by atoms with Crippen molar-refractivity contribution in [1.82, 2.24) is 9.38 Å². The third kappa shape index (κ3) is 2.32. The van der Waals surface area contributed by atoms with Crippen molar-refractivity contribution in [3.05, 3.63) is 34.9 Å². The molecular formula is C10H9ClN2O4S. The molecule has 8 heteroatoms. The quantitative estimate of drug-likeness (QED) is 0.917. The minimum atomic E-state index is -3.31. The Kier molecular flexibility index (Phi) is 3.04. The van der Waals surface area contributed by atoms with E-state index in [-0.39, 0.29) is 27.8 Å². The molecule has 0 aliphatic rings. The molecule has 0 saturated carbocycles. The highest BCUT2D eigenvalue weighted by Crippen LogP contribution is 2.23. The Hall–Kier alpha value is -1.60. The van der Waals surface area contributed by atoms with Crippen molar-refractivity contribution in [2.75, 3.05) is 6.26 Å². The molecule has 2 rings (SSSR count). The van der Waals surface area contributed by atoms with Gasteiger partial charge >= 0.3 is 5.97 Å². The van der Waals surface area contributed by atoms with Crippen LogP contribution >= 0.6 is 11.6 Å². The predicted molar refractivity (Wildman–Crippen MR) is 65.7 cm³/mol. The summed E-state index contributed by atoms with van der Waals surface area (Å²) < 4.78 is 23.9. The minimum absolute atomic E-state index is 0.132. The zero-order valence-electron chi connectivity index (χ0n) is 9.29. The van der Waals surface area contributed by atoms with E-state index in [4.69, 9.17) is 16.7 Å². The molecule has 6 nitrogen and oxygen atoms in total. The maximum absolute atomic E-state index is 11.3. The largest absolute Gasteiger partial charge is 0.476 e. The number of nitrogens with zero attached hydrogens (tertiary/aromatic N) is 2. The Bertz CT molecular complexity index is 736. The first-order chi connectivity index (χ1) is 8.29. The summed E-state index contributed by atoms with van der Waals surface area (Å²) in [4.78, 5) is 14.9. The Balaban J connectivity index is 2.77. The second-order valence-electron chi connectivity index (χ2n) is 3.83. The number of halogens is 1. The second kappa shape index (κ2) is 4.25. The third-order valence-electron chi connectivity index (χ3n) is 2.28. The van der Waals surface area contributed by atoms with Crippen LogP contribution in [0.15, 0.2) is 18.3 Å². The van der Waals surface area contributed by atoms with Gasteiger partial charge in [-0.3, -0.25) is 0 Å². The fourth-order valence-electron chi connectivity index (χ4n) is 1.65. The van der Waals surface area contributed by atoms with Gasteiger partial charge in [0.15, 0.2) is 15.5 Å². The van der Waals surface area contributed by atoms with Gasteiger partial charge in [0.2, 0.25) is 0 Å². The number of carboxylic acids is 1. The number of rotatable bonds is 3. The summed E-state index contributed by atoms with van der Waals surface area (Å²) in [5.41, 5.74) is -0.0513. The van der Waals surface area contributed by atoms with Gasteiger partial charge in [-0.15, -0.1) is 0 Å². The normalized spacial score (nSPS) is 11.9. The molecule has 0 atom stereocenters. The number of aromatic carboxylic acids is 1. The molecule has 0 spiro atoms. The molecule has 2 aromatic heterocycles. The first kappa shape index (κ1) is 12.8. The molecule has 0 radical (unpaired) electrons. The number of aromatic nitrogens is 2. The predicted octanol–water partition coefficient (Wildman–Crippen LogP) is 1.23. The van der Waals surface area contributed by atoms with E-state index in [1.807, 2.05) is 0 Å². The highest BCUT2D eigenvalue weighted by molar-refractivity contribution is 7.89. The molecule has 0 aromatic carbocycles. The molecule has 0 amide bonds. The zero-order chi connectivity index (χ0) is 13.5. The number of carbonyl (C=O) groups is 1. The number of carboxylic acid groups (broad SMARTS) is 1. The van der Waals surface area contributed by atoms with Gasteiger partial charge < -0.3 is 9.51 Å². The van der Waals surface area contributed by atoms with Crippen LogP contribution in [0.5, 0.6) is 0 Å². The monoisotopic (exact) mass is 288 g/mol. The van der Waals surface area contributed by atoms with Crippen LogP contribution in [0.4, 0.5) is 0 Å². The fraction of sp³-hybridized carbons (Fsp3) is 0.200. The highest BCUT2D eigenvalue weighted by Gasteiger charge is 2.20. The smallest absolute Gasteiger partial charge is 0.356 e. The average Bonchev–Trinajstić information content (AvgIpc) is 2.56. The van der Waals surface area contributed by atoms with Crippen LogP contribution in [0, 0.1) is 0 Å². The summed E-state index contributed by atoms with van der Waals surface area (Å²) in [7, 11) is -3.31. The summed E-state index contributed by atoms with van der Waals surface area (Å²) in [6.45, 7) is 0. The topological polar surface area (TPSA) is 88.7 Å². The van der Waals surface area contributed by atoms with Crippen LogP contribution in [0.1, 0.15) is 16.3 Å². The SMILES string of the molecule is CS(=O)(=O)Cc1nc(C(=O)O)c2c(Cl)cccn12. The molecule has 2 heterocycles. The molecule has 1 N–H and O–H groups in total. The lowest BCUT2D eigenvalue weighted by atomic mass is 10.3. The molecule has 0 fully saturated rings. The minimum Gasteiger partial charge on any atom is -0.476 e. The summed E-state index contributed by atoms with van der Waals surface area (Å²) >= 11 is 5.92. The zero-order valence-corrected chi connectivity index (χ0v) is 10.9. The van der Waals surface area contributed by atoms with Gasteiger partial charge in [-0.2, -0.15) is 0 Å². The van der Waals surface area contributed by atoms with Gasteiger partial charge in [0.1, 0.15) is 11.6 Å². The Morgan fingerprint density at radius 2 is 2.22 bits per heavy atom. The lowest BCUT2D eigenvalue weighted by molar-refractivity contribution is 0.0693. The van der Waals surface area contributed by atoms with Gasteiger partial charge in [0, 0.05) is 12.5 Å². The standard InChI is InChI=1S/C10H9ClN2O4S/c1-18(16,17)5-7-12-8(10(14)15)9-6(11)3-2-4-13(7)9/h2-4H,5H2,1H3,(H,14,15). The van der Waals surface area contributed by atoms with E-state index >= 15 is 0 Å². The van der Waals surface area contributed by atoms with Gasteiger partial charge in [-0.05, 0) is 12.1 Å². The van der Waals surface area contributed by atoms with Crippen molar-refractivity contribution in [3.63, 3.8) is 0 Å². The van der Waals surface area contributed by atoms with Crippen molar-refractivity contribution < 1.29 is 18.3 Å². The Labute approximate surface area is 108 Å². The molecule has 0 saturated heterocycles. The molecular weight excluding hydrogens is 280 g/mol. The van der Waals surface area contributed by atoms with Crippen LogP contribution in [0.2, 0.25) is 5.02 Å². The number of hydrogen-bond donors (Lipinski definition) is 1. The van der Waals surface area contributed by atoms with Crippen LogP contribution in [0.3, 0.4) is 0 Å². The number of sulfone groups is 1. The average molecular weight is 289 g/mol. The molecule has 0 aliphatic heterocycles. The van der Waals surface area contributed by atoms with Crippen molar-refractivity contribution in [1.29, 1.82) is 0 Å². The van der Waals surface area contributed by atoms with E-state index < -0.39 is 15.8 Å². The number of imidazole rings is 1. The van der Waals surface area contributed by atoms with Crippen LogP contribution < -0.4 is 0 Å². The second-order valence-corrected chi connectivity index (χ2v) is 6.37. The summed E-state index contributed by atoms with van der Waals surface area (Å²) in [6, 6.07) is 3.11. The molecule has 2 aromatic rings. The Morgan fingerprint density at radius 3 is 2.78 bits per heavy atom. The number of pyridine rings is 1. The summed E-state index contributed by atoms with van der Waals surface area (Å²) in [5.74, 6) is -1.46. The highest BCUT2D eigenvalue weighted by atomic mass is 35.5. The Morgan fingerprint density at radius 1 is 1.56 bits per heavy atom. The van der Waals surface area contributed by atoms with Gasteiger partial charge in [-0.25, -0.2) is 18.2 Å². The van der Waals surface area contributed by atoms with Gasteiger partial charge in [0.05, 0.1) is 10.5 Å². The lowest BCUT2D eigenvalue weighted by Crippen LogP contribution is -2.05. The van der Waals surface area contributed by atoms with E-state index in [0.717, 1.165) is 6.26 Å². The van der Waals surface area contributed by atoms with Crippen molar-refractivity contribution >= 4 is 32.9 Å². The maximum atomic E-state index is 11.3. The summed E-state index contributed by atoms with van der Waals surface area (Å²) in [5, 5.41) is 9.25. The van der Waals surface area contributed by atoms with E-state index in [2.05, 4.69) is 4.98 Å². The maximum Gasteiger partial charge on any atom is 0.356 e. The lowest BCUT2D eigenvalue weighted by Gasteiger charge is -2.00. The van der Waals surface area contributed by atoms with E-state index in [9.17, 15) is 13.2 Å². The molecule has 18 heavy (non-hydrogen) atoms.